The number of para-hydroxylation sites is 1. The molecule has 0 amide bonds. The van der Waals surface area contributed by atoms with Crippen molar-refractivity contribution in [2.24, 2.45) is 0 Å². The van der Waals surface area contributed by atoms with Gasteiger partial charge < -0.3 is 14.8 Å². The minimum absolute atomic E-state index is 0.277. The van der Waals surface area contributed by atoms with E-state index in [0.29, 0.717) is 29.3 Å². The van der Waals surface area contributed by atoms with Crippen molar-refractivity contribution in [1.82, 2.24) is 5.32 Å². The average Bonchev–Trinajstić information content (AvgIpc) is 2.83. The predicted octanol–water partition coefficient (Wildman–Crippen LogP) is 4.19. The van der Waals surface area contributed by atoms with Gasteiger partial charge in [0.1, 0.15) is 16.9 Å². The number of rotatable bonds is 8. The van der Waals surface area contributed by atoms with E-state index in [1.165, 1.54) is 19.3 Å². The SMILES string of the molecule is CCCCCC(C)NCc1oc2ccccc2c1C(=O)O. The van der Waals surface area contributed by atoms with Crippen molar-refractivity contribution in [3.8, 4) is 0 Å². The molecule has 2 aromatic rings. The minimum atomic E-state index is -0.935. The molecule has 0 radical (unpaired) electrons. The molecule has 0 saturated carbocycles. The van der Waals surface area contributed by atoms with Crippen LogP contribution in [0.15, 0.2) is 28.7 Å². The molecule has 0 aliphatic rings. The summed E-state index contributed by atoms with van der Waals surface area (Å²) in [7, 11) is 0. The van der Waals surface area contributed by atoms with Gasteiger partial charge in [0.25, 0.3) is 0 Å². The minimum Gasteiger partial charge on any atom is -0.478 e. The van der Waals surface area contributed by atoms with Crippen LogP contribution >= 0.6 is 0 Å². The fraction of sp³-hybridized carbons (Fsp3) is 0.471. The molecule has 114 valence electrons. The van der Waals surface area contributed by atoms with Crippen LogP contribution < -0.4 is 5.32 Å². The number of furan rings is 1. The van der Waals surface area contributed by atoms with E-state index in [9.17, 15) is 9.90 Å². The van der Waals surface area contributed by atoms with E-state index in [4.69, 9.17) is 4.42 Å². The molecule has 1 atom stereocenters. The summed E-state index contributed by atoms with van der Waals surface area (Å²) in [5, 5.41) is 13.4. The second-order valence-electron chi connectivity index (χ2n) is 5.48. The van der Waals surface area contributed by atoms with Gasteiger partial charge in [-0.15, -0.1) is 0 Å². The molecule has 0 aliphatic carbocycles. The highest BCUT2D eigenvalue weighted by molar-refractivity contribution is 6.03. The van der Waals surface area contributed by atoms with E-state index in [1.54, 1.807) is 12.1 Å². The molecule has 0 spiro atoms. The number of carbonyl (C=O) groups is 1. The van der Waals surface area contributed by atoms with E-state index in [2.05, 4.69) is 19.2 Å². The van der Waals surface area contributed by atoms with Crippen molar-refractivity contribution in [1.29, 1.82) is 0 Å². The van der Waals surface area contributed by atoms with Crippen LogP contribution in [0.5, 0.6) is 0 Å². The van der Waals surface area contributed by atoms with Crippen molar-refractivity contribution in [2.75, 3.05) is 0 Å². The van der Waals surface area contributed by atoms with Crippen molar-refractivity contribution in [3.05, 3.63) is 35.6 Å². The maximum atomic E-state index is 11.5. The fourth-order valence-corrected chi connectivity index (χ4v) is 2.52. The van der Waals surface area contributed by atoms with Gasteiger partial charge >= 0.3 is 5.97 Å². The number of unbranched alkanes of at least 4 members (excludes halogenated alkanes) is 2. The molecule has 2 N–H and O–H groups in total. The molecule has 0 bridgehead atoms. The first-order chi connectivity index (χ1) is 10.1. The Morgan fingerprint density at radius 1 is 1.33 bits per heavy atom. The monoisotopic (exact) mass is 289 g/mol. The number of hydrogen-bond acceptors (Lipinski definition) is 3. The summed E-state index contributed by atoms with van der Waals surface area (Å²) >= 11 is 0. The third-order valence-corrected chi connectivity index (χ3v) is 3.73. The Morgan fingerprint density at radius 2 is 2.10 bits per heavy atom. The molecule has 1 unspecified atom stereocenters. The molecule has 1 aromatic heterocycles. The Morgan fingerprint density at radius 3 is 2.81 bits per heavy atom. The Labute approximate surface area is 125 Å². The molecule has 0 fully saturated rings. The summed E-state index contributed by atoms with van der Waals surface area (Å²) < 4.78 is 5.69. The highest BCUT2D eigenvalue weighted by Gasteiger charge is 2.19. The molecule has 21 heavy (non-hydrogen) atoms. The number of aromatic carboxylic acids is 1. The van der Waals surface area contributed by atoms with Crippen LogP contribution in [-0.4, -0.2) is 17.1 Å². The molecular weight excluding hydrogens is 266 g/mol. The Balaban J connectivity index is 2.07. The standard InChI is InChI=1S/C17H23NO3/c1-3-4-5-8-12(2)18-11-15-16(17(19)20)13-9-6-7-10-14(13)21-15/h6-7,9-10,12,18H,3-5,8,11H2,1-2H3,(H,19,20). The summed E-state index contributed by atoms with van der Waals surface area (Å²) in [6, 6.07) is 7.62. The van der Waals surface area contributed by atoms with E-state index in [-0.39, 0.29) is 5.56 Å². The zero-order chi connectivity index (χ0) is 15.2. The highest BCUT2D eigenvalue weighted by atomic mass is 16.4. The summed E-state index contributed by atoms with van der Waals surface area (Å²) in [5.41, 5.74) is 0.907. The topological polar surface area (TPSA) is 62.5 Å². The molecule has 1 heterocycles. The zero-order valence-corrected chi connectivity index (χ0v) is 12.7. The maximum Gasteiger partial charge on any atom is 0.339 e. The van der Waals surface area contributed by atoms with Crippen LogP contribution in [-0.2, 0) is 6.54 Å². The van der Waals surface area contributed by atoms with Crippen molar-refractivity contribution >= 4 is 16.9 Å². The lowest BCUT2D eigenvalue weighted by Gasteiger charge is -2.12. The molecule has 2 rings (SSSR count). The van der Waals surface area contributed by atoms with Crippen LogP contribution in [0.1, 0.15) is 55.6 Å². The lowest BCUT2D eigenvalue weighted by molar-refractivity contribution is 0.0696. The number of carboxylic acid groups (broad SMARTS) is 1. The second-order valence-corrected chi connectivity index (χ2v) is 5.48. The van der Waals surface area contributed by atoms with Crippen LogP contribution in [0.4, 0.5) is 0 Å². The smallest absolute Gasteiger partial charge is 0.339 e. The Bertz CT molecular complexity index is 603. The molecule has 4 heteroatoms. The predicted molar refractivity (Wildman–Crippen MR) is 83.6 cm³/mol. The highest BCUT2D eigenvalue weighted by Crippen LogP contribution is 2.26. The summed E-state index contributed by atoms with van der Waals surface area (Å²) in [4.78, 5) is 11.5. The second kappa shape index (κ2) is 7.27. The van der Waals surface area contributed by atoms with Gasteiger partial charge in [-0.05, 0) is 19.4 Å². The Hall–Kier alpha value is -1.81. The lowest BCUT2D eigenvalue weighted by Crippen LogP contribution is -2.25. The first-order valence-corrected chi connectivity index (χ1v) is 7.60. The molecule has 4 nitrogen and oxygen atoms in total. The maximum absolute atomic E-state index is 11.5. The lowest BCUT2D eigenvalue weighted by atomic mass is 10.1. The number of nitrogens with one attached hydrogen (secondary N) is 1. The van der Waals surface area contributed by atoms with Crippen molar-refractivity contribution in [3.63, 3.8) is 0 Å². The van der Waals surface area contributed by atoms with Gasteiger partial charge in [0.05, 0.1) is 6.54 Å². The number of hydrogen-bond donors (Lipinski definition) is 2. The van der Waals surface area contributed by atoms with Gasteiger partial charge in [-0.2, -0.15) is 0 Å². The number of benzene rings is 1. The van der Waals surface area contributed by atoms with E-state index >= 15 is 0 Å². The fourth-order valence-electron chi connectivity index (χ4n) is 2.52. The van der Waals surface area contributed by atoms with Gasteiger partial charge in [0, 0.05) is 11.4 Å². The Kier molecular flexibility index (Phi) is 5.39. The molecule has 1 aromatic carbocycles. The summed E-state index contributed by atoms with van der Waals surface area (Å²) in [5.74, 6) is -0.429. The van der Waals surface area contributed by atoms with Crippen LogP contribution in [0.25, 0.3) is 11.0 Å². The van der Waals surface area contributed by atoms with E-state index < -0.39 is 5.97 Å². The van der Waals surface area contributed by atoms with Gasteiger partial charge in [0.15, 0.2) is 0 Å². The molecule has 0 aliphatic heterocycles. The average molecular weight is 289 g/mol. The first kappa shape index (κ1) is 15.6. The quantitative estimate of drug-likeness (QED) is 0.715. The van der Waals surface area contributed by atoms with Gasteiger partial charge in [-0.3, -0.25) is 0 Å². The van der Waals surface area contributed by atoms with Crippen molar-refractivity contribution in [2.45, 2.75) is 52.1 Å². The third kappa shape index (κ3) is 3.85. The summed E-state index contributed by atoms with van der Waals surface area (Å²) in [6.07, 6.45) is 4.73. The molecule has 0 saturated heterocycles. The molecular formula is C17H23NO3. The number of carboxylic acids is 1. The van der Waals surface area contributed by atoms with Gasteiger partial charge in [0.2, 0.25) is 0 Å². The van der Waals surface area contributed by atoms with Gasteiger partial charge in [-0.25, -0.2) is 4.79 Å². The van der Waals surface area contributed by atoms with E-state index in [0.717, 1.165) is 6.42 Å². The largest absolute Gasteiger partial charge is 0.478 e. The first-order valence-electron chi connectivity index (χ1n) is 7.60. The van der Waals surface area contributed by atoms with Crippen LogP contribution in [0.3, 0.4) is 0 Å². The van der Waals surface area contributed by atoms with E-state index in [1.807, 2.05) is 12.1 Å². The zero-order valence-electron chi connectivity index (χ0n) is 12.7. The normalized spacial score (nSPS) is 12.7. The van der Waals surface area contributed by atoms with Crippen LogP contribution in [0, 0.1) is 0 Å². The summed E-state index contributed by atoms with van der Waals surface area (Å²) in [6.45, 7) is 4.76. The third-order valence-electron chi connectivity index (χ3n) is 3.73. The van der Waals surface area contributed by atoms with Crippen molar-refractivity contribution < 1.29 is 14.3 Å². The van der Waals surface area contributed by atoms with Crippen LogP contribution in [0.2, 0.25) is 0 Å². The van der Waals surface area contributed by atoms with Gasteiger partial charge in [-0.1, -0.05) is 44.4 Å². The number of fused-ring (bicyclic) bond motifs is 1.